The second-order valence-corrected chi connectivity index (χ2v) is 12.5. The summed E-state index contributed by atoms with van der Waals surface area (Å²) >= 11 is 4.22. The number of benzene rings is 1. The van der Waals surface area contributed by atoms with Crippen LogP contribution in [0.4, 0.5) is 5.69 Å². The third kappa shape index (κ3) is 4.36. The van der Waals surface area contributed by atoms with Gasteiger partial charge in [-0.05, 0) is 57.7 Å². The molecule has 1 spiro atoms. The van der Waals surface area contributed by atoms with Gasteiger partial charge in [0.05, 0.1) is 29.3 Å². The lowest BCUT2D eigenvalue weighted by molar-refractivity contribution is -0.138. The van der Waals surface area contributed by atoms with Crippen LogP contribution in [-0.4, -0.2) is 40.7 Å². The lowest BCUT2D eigenvalue weighted by Gasteiger charge is -2.49. The first-order valence-corrected chi connectivity index (χ1v) is 14.1. The molecular formula is C26H29NO5S3. The molecule has 0 radical (unpaired) electrons. The fourth-order valence-electron chi connectivity index (χ4n) is 4.50. The van der Waals surface area contributed by atoms with Crippen LogP contribution in [0, 0.1) is 6.92 Å². The quantitative estimate of drug-likeness (QED) is 0.428. The zero-order valence-corrected chi connectivity index (χ0v) is 23.2. The van der Waals surface area contributed by atoms with Crippen molar-refractivity contribution in [3.8, 4) is 0 Å². The maximum absolute atomic E-state index is 13.3. The van der Waals surface area contributed by atoms with E-state index in [1.165, 1.54) is 35.3 Å². The van der Waals surface area contributed by atoms with Gasteiger partial charge in [-0.2, -0.15) is 0 Å². The topological polar surface area (TPSA) is 72.9 Å². The Kier molecular flexibility index (Phi) is 7.23. The summed E-state index contributed by atoms with van der Waals surface area (Å²) in [6.45, 7) is 12.0. The number of nitrogens with zero attached hydrogens (tertiary/aromatic N) is 1. The molecule has 35 heavy (non-hydrogen) atoms. The molecule has 3 heterocycles. The van der Waals surface area contributed by atoms with Crippen molar-refractivity contribution in [3.63, 3.8) is 0 Å². The number of fused-ring (bicyclic) bond motifs is 3. The minimum atomic E-state index is -0.770. The van der Waals surface area contributed by atoms with E-state index in [0.29, 0.717) is 16.2 Å². The van der Waals surface area contributed by atoms with Gasteiger partial charge in [0.15, 0.2) is 0 Å². The van der Waals surface area contributed by atoms with E-state index >= 15 is 0 Å². The van der Waals surface area contributed by atoms with Crippen molar-refractivity contribution >= 4 is 64.4 Å². The minimum absolute atomic E-state index is 0.00681. The van der Waals surface area contributed by atoms with Crippen LogP contribution in [0.25, 0.3) is 5.57 Å². The number of rotatable bonds is 5. The number of hydrogen-bond donors (Lipinski definition) is 0. The highest BCUT2D eigenvalue weighted by Crippen LogP contribution is 2.66. The molecule has 0 aliphatic carbocycles. The van der Waals surface area contributed by atoms with Gasteiger partial charge in [-0.25, -0.2) is 9.59 Å². The Bertz CT molecular complexity index is 1200. The van der Waals surface area contributed by atoms with Crippen molar-refractivity contribution in [2.45, 2.75) is 57.6 Å². The van der Waals surface area contributed by atoms with Crippen molar-refractivity contribution < 1.29 is 23.9 Å². The van der Waals surface area contributed by atoms with Crippen LogP contribution in [0.15, 0.2) is 44.4 Å². The Morgan fingerprint density at radius 2 is 1.66 bits per heavy atom. The summed E-state index contributed by atoms with van der Waals surface area (Å²) in [4.78, 5) is 42.6. The van der Waals surface area contributed by atoms with Crippen molar-refractivity contribution in [3.05, 3.63) is 55.5 Å². The van der Waals surface area contributed by atoms with Gasteiger partial charge < -0.3 is 14.4 Å². The molecule has 0 fully saturated rings. The van der Waals surface area contributed by atoms with Crippen LogP contribution in [0.3, 0.4) is 0 Å². The number of carbonyl (C=O) groups excluding carboxylic acids is 3. The van der Waals surface area contributed by atoms with E-state index in [1.807, 2.05) is 62.3 Å². The molecule has 1 aromatic rings. The van der Waals surface area contributed by atoms with Crippen LogP contribution in [0.2, 0.25) is 0 Å². The van der Waals surface area contributed by atoms with Gasteiger partial charge in [0.25, 0.3) is 0 Å². The highest BCUT2D eigenvalue weighted by Gasteiger charge is 2.53. The fraction of sp³-hybridized carbons (Fsp3) is 0.423. The number of anilines is 1. The molecule has 1 amide bonds. The van der Waals surface area contributed by atoms with E-state index in [2.05, 4.69) is 0 Å². The highest BCUT2D eigenvalue weighted by molar-refractivity contribution is 8.25. The van der Waals surface area contributed by atoms with Crippen LogP contribution in [0.1, 0.15) is 52.2 Å². The molecule has 1 unspecified atom stereocenters. The monoisotopic (exact) mass is 531 g/mol. The van der Waals surface area contributed by atoms with Gasteiger partial charge in [0.1, 0.15) is 8.98 Å². The summed E-state index contributed by atoms with van der Waals surface area (Å²) < 4.78 is 9.87. The van der Waals surface area contributed by atoms with Crippen LogP contribution < -0.4 is 4.90 Å². The fourth-order valence-corrected chi connectivity index (χ4v) is 8.89. The summed E-state index contributed by atoms with van der Waals surface area (Å²) in [5.41, 5.74) is 3.10. The first-order valence-electron chi connectivity index (χ1n) is 11.6. The number of carbonyl (C=O) groups is 3. The average Bonchev–Trinajstić information content (AvgIpc) is 3.23. The molecule has 9 heteroatoms. The van der Waals surface area contributed by atoms with E-state index in [9.17, 15) is 14.4 Å². The largest absolute Gasteiger partial charge is 0.462 e. The van der Waals surface area contributed by atoms with E-state index in [-0.39, 0.29) is 25.1 Å². The first-order chi connectivity index (χ1) is 16.6. The predicted octanol–water partition coefficient (Wildman–Crippen LogP) is 6.02. The number of esters is 2. The molecule has 0 saturated carbocycles. The lowest BCUT2D eigenvalue weighted by Crippen LogP contribution is -2.52. The van der Waals surface area contributed by atoms with Crippen LogP contribution in [-0.2, 0) is 23.9 Å². The summed E-state index contributed by atoms with van der Waals surface area (Å²) in [7, 11) is 0. The molecule has 0 aromatic heterocycles. The number of aryl methyl sites for hydroxylation is 1. The van der Waals surface area contributed by atoms with Gasteiger partial charge in [0.2, 0.25) is 5.91 Å². The molecule has 186 valence electrons. The average molecular weight is 532 g/mol. The maximum atomic E-state index is 13.3. The van der Waals surface area contributed by atoms with Gasteiger partial charge in [-0.1, -0.05) is 42.6 Å². The summed E-state index contributed by atoms with van der Waals surface area (Å²) in [6.07, 6.45) is 2.26. The minimum Gasteiger partial charge on any atom is -0.462 e. The Morgan fingerprint density at radius 3 is 2.29 bits per heavy atom. The van der Waals surface area contributed by atoms with E-state index < -0.39 is 15.6 Å². The third-order valence-corrected chi connectivity index (χ3v) is 10.2. The molecule has 3 aliphatic rings. The summed E-state index contributed by atoms with van der Waals surface area (Å²) in [5.74, 6) is -0.782. The number of thioether (sulfide) groups is 3. The van der Waals surface area contributed by atoms with E-state index in [4.69, 9.17) is 9.47 Å². The molecule has 6 nitrogen and oxygen atoms in total. The Balaban J connectivity index is 1.95. The van der Waals surface area contributed by atoms with Gasteiger partial charge >= 0.3 is 11.9 Å². The molecule has 1 aromatic carbocycles. The lowest BCUT2D eigenvalue weighted by atomic mass is 9.84. The van der Waals surface area contributed by atoms with E-state index in [1.54, 1.807) is 13.8 Å². The van der Waals surface area contributed by atoms with Crippen LogP contribution in [0.5, 0.6) is 0 Å². The highest BCUT2D eigenvalue weighted by atomic mass is 32.2. The second kappa shape index (κ2) is 9.75. The van der Waals surface area contributed by atoms with Gasteiger partial charge in [-0.3, -0.25) is 4.79 Å². The number of ether oxygens (including phenoxy) is 2. The standard InChI is InChI=1S/C26H29NO5S3/c1-7-20(28)27-17-12-15(4)10-11-16(17)21-22(25(27,5)6)34-18(23(29)31-8-2)13-26(21)33-14-19(35-26)24(30)32-9-3/h10-14H,7-9H2,1-6H3. The van der Waals surface area contributed by atoms with Gasteiger partial charge in [0, 0.05) is 22.5 Å². The number of hydrogen-bond acceptors (Lipinski definition) is 8. The van der Waals surface area contributed by atoms with Crippen molar-refractivity contribution in [1.29, 1.82) is 0 Å². The molecule has 0 saturated heterocycles. The summed E-state index contributed by atoms with van der Waals surface area (Å²) in [6, 6.07) is 6.12. The normalized spacial score (nSPS) is 22.3. The Hall–Kier alpha value is -2.10. The van der Waals surface area contributed by atoms with Crippen molar-refractivity contribution in [1.82, 2.24) is 0 Å². The zero-order chi connectivity index (χ0) is 25.5. The molecule has 0 bridgehead atoms. The molecule has 1 atom stereocenters. The molecular weight excluding hydrogens is 502 g/mol. The number of amides is 1. The van der Waals surface area contributed by atoms with Gasteiger partial charge in [-0.15, -0.1) is 11.8 Å². The maximum Gasteiger partial charge on any atom is 0.345 e. The van der Waals surface area contributed by atoms with Crippen molar-refractivity contribution in [2.24, 2.45) is 0 Å². The van der Waals surface area contributed by atoms with Crippen LogP contribution >= 0.6 is 35.3 Å². The SMILES string of the molecule is CCOC(=O)C1=CC2(SC=C(C(=O)OCC)S2)C2=C(S1)C(C)(C)N(C(=O)CC)c1cc(C)ccc12. The Labute approximate surface area is 218 Å². The second-order valence-electron chi connectivity index (χ2n) is 8.79. The first kappa shape index (κ1) is 26.0. The molecule has 3 aliphatic heterocycles. The third-order valence-electron chi connectivity index (χ3n) is 5.99. The zero-order valence-electron chi connectivity index (χ0n) is 20.7. The smallest absolute Gasteiger partial charge is 0.345 e. The molecule has 0 N–H and O–H groups in total. The predicted molar refractivity (Wildman–Crippen MR) is 145 cm³/mol. The summed E-state index contributed by atoms with van der Waals surface area (Å²) in [5, 5.41) is 1.81. The molecule has 4 rings (SSSR count). The Morgan fingerprint density at radius 1 is 1.00 bits per heavy atom. The van der Waals surface area contributed by atoms with Crippen molar-refractivity contribution in [2.75, 3.05) is 18.1 Å². The van der Waals surface area contributed by atoms with E-state index in [0.717, 1.165) is 27.3 Å².